The average molecular weight is 351 g/mol. The van der Waals surface area contributed by atoms with Crippen molar-refractivity contribution in [3.05, 3.63) is 64.9 Å². The zero-order chi connectivity index (χ0) is 17.1. The average Bonchev–Trinajstić information content (AvgIpc) is 3.09. The second-order valence-electron chi connectivity index (χ2n) is 5.85. The van der Waals surface area contributed by atoms with Crippen LogP contribution in [0, 0.1) is 0 Å². The third kappa shape index (κ3) is 3.66. The predicted molar refractivity (Wildman–Crippen MR) is 96.7 cm³/mol. The number of hydrogen-bond acceptors (Lipinski definition) is 6. The Kier molecular flexibility index (Phi) is 4.39. The predicted octanol–water partition coefficient (Wildman–Crippen LogP) is 2.80. The molecule has 1 N–H and O–H groups in total. The Morgan fingerprint density at radius 1 is 1.16 bits per heavy atom. The summed E-state index contributed by atoms with van der Waals surface area (Å²) in [6, 6.07) is 10.1. The second kappa shape index (κ2) is 6.98. The number of hydrogen-bond donors (Lipinski definition) is 1. The van der Waals surface area contributed by atoms with Crippen LogP contribution >= 0.6 is 11.3 Å². The van der Waals surface area contributed by atoms with E-state index in [1.807, 2.05) is 16.3 Å². The summed E-state index contributed by atoms with van der Waals surface area (Å²) in [5, 5.41) is 5.65. The van der Waals surface area contributed by atoms with E-state index in [-0.39, 0.29) is 5.91 Å². The number of amides is 1. The van der Waals surface area contributed by atoms with Gasteiger partial charge in [-0.2, -0.15) is 0 Å². The molecule has 1 aromatic carbocycles. The first-order valence-electron chi connectivity index (χ1n) is 8.11. The molecule has 0 saturated carbocycles. The fourth-order valence-electron chi connectivity index (χ4n) is 2.88. The minimum Gasteiger partial charge on any atom is -0.338 e. The Bertz CT molecular complexity index is 880. The molecule has 0 spiro atoms. The number of aromatic nitrogens is 3. The van der Waals surface area contributed by atoms with Crippen LogP contribution in [0.5, 0.6) is 0 Å². The molecule has 126 valence electrons. The van der Waals surface area contributed by atoms with Gasteiger partial charge in [-0.15, -0.1) is 11.3 Å². The highest BCUT2D eigenvalue weighted by atomic mass is 32.1. The number of fused-ring (bicyclic) bond motifs is 1. The summed E-state index contributed by atoms with van der Waals surface area (Å²) in [5.74, 6) is 0.615. The van der Waals surface area contributed by atoms with Crippen molar-refractivity contribution in [2.75, 3.05) is 11.9 Å². The van der Waals surface area contributed by atoms with E-state index in [2.05, 4.69) is 38.5 Å². The van der Waals surface area contributed by atoms with Gasteiger partial charge in [-0.25, -0.2) is 15.0 Å². The number of thiazole rings is 1. The van der Waals surface area contributed by atoms with Gasteiger partial charge in [-0.05, 0) is 23.6 Å². The van der Waals surface area contributed by atoms with E-state index in [1.165, 1.54) is 22.5 Å². The number of carbonyl (C=O) groups excluding carboxylic acids is 1. The number of anilines is 2. The van der Waals surface area contributed by atoms with Gasteiger partial charge < -0.3 is 10.2 Å². The van der Waals surface area contributed by atoms with Gasteiger partial charge in [0.15, 0.2) is 5.13 Å². The maximum absolute atomic E-state index is 12.6. The van der Waals surface area contributed by atoms with Crippen molar-refractivity contribution in [3.8, 4) is 0 Å². The van der Waals surface area contributed by atoms with Crippen molar-refractivity contribution >= 4 is 28.3 Å². The van der Waals surface area contributed by atoms with E-state index >= 15 is 0 Å². The molecular formula is C18H17N5OS. The SMILES string of the molecule is O=C(Cc1csc(Nc2ncccn2)n1)N1CCc2ccccc2C1. The van der Waals surface area contributed by atoms with Crippen LogP contribution in [0.1, 0.15) is 16.8 Å². The summed E-state index contributed by atoms with van der Waals surface area (Å²) in [6.07, 6.45) is 4.57. The smallest absolute Gasteiger partial charge is 0.228 e. The Morgan fingerprint density at radius 3 is 2.80 bits per heavy atom. The summed E-state index contributed by atoms with van der Waals surface area (Å²) < 4.78 is 0. The Morgan fingerprint density at radius 2 is 1.96 bits per heavy atom. The molecule has 0 fully saturated rings. The van der Waals surface area contributed by atoms with E-state index in [1.54, 1.807) is 18.5 Å². The molecule has 4 rings (SSSR count). The Labute approximate surface area is 149 Å². The topological polar surface area (TPSA) is 71.0 Å². The lowest BCUT2D eigenvalue weighted by atomic mass is 10.00. The van der Waals surface area contributed by atoms with Crippen LogP contribution < -0.4 is 5.32 Å². The van der Waals surface area contributed by atoms with Gasteiger partial charge in [0, 0.05) is 30.9 Å². The summed E-state index contributed by atoms with van der Waals surface area (Å²) in [5.41, 5.74) is 3.35. The highest BCUT2D eigenvalue weighted by molar-refractivity contribution is 7.13. The molecular weight excluding hydrogens is 334 g/mol. The largest absolute Gasteiger partial charge is 0.338 e. The number of rotatable bonds is 4. The Hall–Kier alpha value is -2.80. The van der Waals surface area contributed by atoms with Crippen molar-refractivity contribution in [3.63, 3.8) is 0 Å². The van der Waals surface area contributed by atoms with Gasteiger partial charge in [0.25, 0.3) is 0 Å². The molecule has 6 nitrogen and oxygen atoms in total. The molecule has 1 aliphatic rings. The van der Waals surface area contributed by atoms with Crippen LogP contribution in [0.2, 0.25) is 0 Å². The zero-order valence-corrected chi connectivity index (χ0v) is 14.4. The maximum Gasteiger partial charge on any atom is 0.228 e. The standard InChI is InChI=1S/C18H17N5OS/c24-16(23-9-6-13-4-1-2-5-14(13)11-23)10-15-12-25-18(21-15)22-17-19-7-3-8-20-17/h1-5,7-8,12H,6,9-11H2,(H,19,20,21,22). The minimum absolute atomic E-state index is 0.113. The monoisotopic (exact) mass is 351 g/mol. The lowest BCUT2D eigenvalue weighted by Crippen LogP contribution is -2.36. The van der Waals surface area contributed by atoms with Gasteiger partial charge in [0.1, 0.15) is 0 Å². The Balaban J connectivity index is 1.39. The molecule has 0 atom stereocenters. The lowest BCUT2D eigenvalue weighted by Gasteiger charge is -2.28. The fourth-order valence-corrected chi connectivity index (χ4v) is 3.58. The zero-order valence-electron chi connectivity index (χ0n) is 13.6. The summed E-state index contributed by atoms with van der Waals surface area (Å²) in [7, 11) is 0. The van der Waals surface area contributed by atoms with Gasteiger partial charge in [0.05, 0.1) is 12.1 Å². The molecule has 0 saturated heterocycles. The molecule has 2 aromatic heterocycles. The molecule has 0 bridgehead atoms. The van der Waals surface area contributed by atoms with Crippen LogP contribution in [0.25, 0.3) is 0 Å². The maximum atomic E-state index is 12.6. The second-order valence-corrected chi connectivity index (χ2v) is 6.71. The van der Waals surface area contributed by atoms with Gasteiger partial charge in [0.2, 0.25) is 11.9 Å². The number of nitrogens with one attached hydrogen (secondary N) is 1. The third-order valence-corrected chi connectivity index (χ3v) is 4.96. The third-order valence-electron chi connectivity index (χ3n) is 4.15. The molecule has 7 heteroatoms. The van der Waals surface area contributed by atoms with E-state index in [0.29, 0.717) is 24.0 Å². The van der Waals surface area contributed by atoms with E-state index < -0.39 is 0 Å². The molecule has 1 amide bonds. The van der Waals surface area contributed by atoms with Crippen LogP contribution in [-0.4, -0.2) is 32.3 Å². The molecule has 3 heterocycles. The fraction of sp³-hybridized carbons (Fsp3) is 0.222. The summed E-state index contributed by atoms with van der Waals surface area (Å²) in [6.45, 7) is 1.45. The van der Waals surface area contributed by atoms with Crippen molar-refractivity contribution < 1.29 is 4.79 Å². The van der Waals surface area contributed by atoms with E-state index in [0.717, 1.165) is 18.7 Å². The summed E-state index contributed by atoms with van der Waals surface area (Å²) >= 11 is 1.45. The molecule has 3 aromatic rings. The first-order chi connectivity index (χ1) is 12.3. The van der Waals surface area contributed by atoms with Crippen LogP contribution in [0.15, 0.2) is 48.1 Å². The van der Waals surface area contributed by atoms with E-state index in [4.69, 9.17) is 0 Å². The molecule has 0 aliphatic carbocycles. The first-order valence-corrected chi connectivity index (χ1v) is 8.99. The van der Waals surface area contributed by atoms with Crippen molar-refractivity contribution in [1.29, 1.82) is 0 Å². The molecule has 25 heavy (non-hydrogen) atoms. The summed E-state index contributed by atoms with van der Waals surface area (Å²) in [4.78, 5) is 27.2. The number of carbonyl (C=O) groups is 1. The van der Waals surface area contributed by atoms with Crippen LogP contribution in [-0.2, 0) is 24.2 Å². The highest BCUT2D eigenvalue weighted by Gasteiger charge is 2.21. The lowest BCUT2D eigenvalue weighted by molar-refractivity contribution is -0.131. The first kappa shape index (κ1) is 15.7. The van der Waals surface area contributed by atoms with Crippen molar-refractivity contribution in [1.82, 2.24) is 19.9 Å². The van der Waals surface area contributed by atoms with Crippen LogP contribution in [0.4, 0.5) is 11.1 Å². The van der Waals surface area contributed by atoms with Crippen LogP contribution in [0.3, 0.4) is 0 Å². The molecule has 0 unspecified atom stereocenters. The highest BCUT2D eigenvalue weighted by Crippen LogP contribution is 2.21. The molecule has 1 aliphatic heterocycles. The number of benzene rings is 1. The quantitative estimate of drug-likeness (QED) is 0.783. The van der Waals surface area contributed by atoms with E-state index in [9.17, 15) is 4.79 Å². The van der Waals surface area contributed by atoms with Gasteiger partial charge in [-0.1, -0.05) is 24.3 Å². The normalized spacial score (nSPS) is 13.4. The van der Waals surface area contributed by atoms with Crippen molar-refractivity contribution in [2.45, 2.75) is 19.4 Å². The molecule has 0 radical (unpaired) electrons. The van der Waals surface area contributed by atoms with Crippen molar-refractivity contribution in [2.24, 2.45) is 0 Å². The van der Waals surface area contributed by atoms with Gasteiger partial charge >= 0.3 is 0 Å². The van der Waals surface area contributed by atoms with Gasteiger partial charge in [-0.3, -0.25) is 4.79 Å². The minimum atomic E-state index is 0.113. The number of nitrogens with zero attached hydrogens (tertiary/aromatic N) is 4.